The first-order valence-corrected chi connectivity index (χ1v) is 12.6. The Morgan fingerprint density at radius 2 is 1.54 bits per heavy atom. The highest BCUT2D eigenvalue weighted by Gasteiger charge is 2.43. The molecule has 0 bridgehead atoms. The predicted octanol–water partition coefficient (Wildman–Crippen LogP) is 4.60. The minimum Gasteiger partial charge on any atom is -0.481 e. The maximum Gasteiger partial charge on any atom is 0.407 e. The second-order valence-corrected chi connectivity index (χ2v) is 10.2. The second-order valence-electron chi connectivity index (χ2n) is 10.2. The number of alkyl carbamates (subject to hydrolysis) is 1. The molecule has 0 aromatic heterocycles. The first kappa shape index (κ1) is 23.4. The number of hydrogen-bond acceptors (Lipinski definition) is 4. The van der Waals surface area contributed by atoms with E-state index in [9.17, 15) is 19.5 Å². The zero-order valence-electron chi connectivity index (χ0n) is 19.8. The van der Waals surface area contributed by atoms with Gasteiger partial charge in [0.15, 0.2) is 0 Å². The molecule has 2 aromatic carbocycles. The van der Waals surface area contributed by atoms with Crippen LogP contribution in [0.5, 0.6) is 0 Å². The molecule has 0 saturated heterocycles. The molecule has 7 heteroatoms. The fraction of sp³-hybridized carbons (Fsp3) is 0.464. The largest absolute Gasteiger partial charge is 0.481 e. The Hall–Kier alpha value is -3.35. The predicted molar refractivity (Wildman–Crippen MR) is 131 cm³/mol. The van der Waals surface area contributed by atoms with Crippen LogP contribution in [0.2, 0.25) is 0 Å². The third-order valence-electron chi connectivity index (χ3n) is 7.94. The van der Waals surface area contributed by atoms with Crippen molar-refractivity contribution in [3.63, 3.8) is 0 Å². The van der Waals surface area contributed by atoms with Crippen molar-refractivity contribution in [2.75, 3.05) is 6.61 Å². The van der Waals surface area contributed by atoms with Gasteiger partial charge in [-0.2, -0.15) is 0 Å². The number of fused-ring (bicyclic) bond motifs is 3. The quantitative estimate of drug-likeness (QED) is 0.542. The van der Waals surface area contributed by atoms with E-state index in [0.717, 1.165) is 30.4 Å². The van der Waals surface area contributed by atoms with E-state index < -0.39 is 17.6 Å². The van der Waals surface area contributed by atoms with E-state index in [1.807, 2.05) is 24.3 Å². The first-order valence-electron chi connectivity index (χ1n) is 12.6. The summed E-state index contributed by atoms with van der Waals surface area (Å²) < 4.78 is 5.70. The SMILES string of the molecule is O=C(O)CC1(NC(=O)[C@@H]2CCCC[C@@H]2NC(=O)OCC2c3ccccc3-c3ccccc32)CCC1. The Kier molecular flexibility index (Phi) is 6.50. The summed E-state index contributed by atoms with van der Waals surface area (Å²) in [6.45, 7) is 0.227. The second kappa shape index (κ2) is 9.72. The molecule has 7 nitrogen and oxygen atoms in total. The fourth-order valence-corrected chi connectivity index (χ4v) is 6.00. The van der Waals surface area contributed by atoms with E-state index in [0.29, 0.717) is 25.7 Å². The minimum absolute atomic E-state index is 0.0203. The van der Waals surface area contributed by atoms with Crippen molar-refractivity contribution in [3.8, 4) is 11.1 Å². The van der Waals surface area contributed by atoms with Crippen LogP contribution in [0.15, 0.2) is 48.5 Å². The van der Waals surface area contributed by atoms with Crippen LogP contribution in [-0.4, -0.2) is 41.3 Å². The number of carboxylic acid groups (broad SMARTS) is 1. The van der Waals surface area contributed by atoms with Crippen molar-refractivity contribution in [1.82, 2.24) is 10.6 Å². The van der Waals surface area contributed by atoms with Gasteiger partial charge in [0.2, 0.25) is 5.91 Å². The summed E-state index contributed by atoms with van der Waals surface area (Å²) >= 11 is 0. The van der Waals surface area contributed by atoms with Crippen molar-refractivity contribution in [2.45, 2.75) is 68.9 Å². The molecule has 0 spiro atoms. The van der Waals surface area contributed by atoms with Crippen LogP contribution in [0.1, 0.15) is 68.4 Å². The lowest BCUT2D eigenvalue weighted by atomic mass is 9.73. The molecule has 3 aliphatic carbocycles. The van der Waals surface area contributed by atoms with Crippen molar-refractivity contribution in [2.24, 2.45) is 5.92 Å². The van der Waals surface area contributed by atoms with Gasteiger partial charge < -0.3 is 20.5 Å². The Morgan fingerprint density at radius 3 is 2.14 bits per heavy atom. The van der Waals surface area contributed by atoms with Gasteiger partial charge in [0.05, 0.1) is 17.9 Å². The first-order chi connectivity index (χ1) is 17.0. The van der Waals surface area contributed by atoms with E-state index >= 15 is 0 Å². The Bertz CT molecular complexity index is 1080. The molecule has 35 heavy (non-hydrogen) atoms. The summed E-state index contributed by atoms with van der Waals surface area (Å²) in [6.07, 6.45) is 4.92. The van der Waals surface area contributed by atoms with Gasteiger partial charge in [0.25, 0.3) is 0 Å². The smallest absolute Gasteiger partial charge is 0.407 e. The summed E-state index contributed by atoms with van der Waals surface area (Å²) in [5.41, 5.74) is 4.01. The zero-order valence-corrected chi connectivity index (χ0v) is 19.8. The van der Waals surface area contributed by atoms with Crippen molar-refractivity contribution >= 4 is 18.0 Å². The van der Waals surface area contributed by atoms with E-state index in [1.54, 1.807) is 0 Å². The maximum atomic E-state index is 13.1. The Labute approximate surface area is 205 Å². The third-order valence-corrected chi connectivity index (χ3v) is 7.94. The fourth-order valence-electron chi connectivity index (χ4n) is 6.00. The highest BCUT2D eigenvalue weighted by Crippen LogP contribution is 2.44. The molecular formula is C28H32N2O5. The number of amides is 2. The van der Waals surface area contributed by atoms with Crippen LogP contribution >= 0.6 is 0 Å². The van der Waals surface area contributed by atoms with Gasteiger partial charge in [0, 0.05) is 12.0 Å². The van der Waals surface area contributed by atoms with E-state index in [1.165, 1.54) is 11.1 Å². The summed E-state index contributed by atoms with van der Waals surface area (Å²) in [4.78, 5) is 37.2. The van der Waals surface area contributed by atoms with Gasteiger partial charge in [-0.3, -0.25) is 9.59 Å². The van der Waals surface area contributed by atoms with Gasteiger partial charge in [-0.1, -0.05) is 61.4 Å². The normalized spacial score (nSPS) is 22.3. The van der Waals surface area contributed by atoms with Crippen LogP contribution < -0.4 is 10.6 Å². The molecule has 0 unspecified atom stereocenters. The number of nitrogens with one attached hydrogen (secondary N) is 2. The number of carboxylic acids is 1. The number of benzene rings is 2. The molecule has 2 aromatic rings. The topological polar surface area (TPSA) is 105 Å². The summed E-state index contributed by atoms with van der Waals surface area (Å²) in [5, 5.41) is 15.2. The van der Waals surface area contributed by atoms with Crippen LogP contribution in [0.4, 0.5) is 4.79 Å². The molecular weight excluding hydrogens is 444 g/mol. The number of hydrogen-bond donors (Lipinski definition) is 3. The van der Waals surface area contributed by atoms with Crippen LogP contribution in [-0.2, 0) is 14.3 Å². The van der Waals surface area contributed by atoms with Crippen molar-refractivity contribution < 1.29 is 24.2 Å². The van der Waals surface area contributed by atoms with Crippen LogP contribution in [0, 0.1) is 5.92 Å². The van der Waals surface area contributed by atoms with Crippen LogP contribution in [0.3, 0.4) is 0 Å². The molecule has 2 fully saturated rings. The van der Waals surface area contributed by atoms with Crippen molar-refractivity contribution in [3.05, 3.63) is 59.7 Å². The number of carbonyl (C=O) groups is 3. The number of ether oxygens (including phenoxy) is 1. The lowest BCUT2D eigenvalue weighted by Crippen LogP contribution is -2.58. The van der Waals surface area contributed by atoms with Crippen LogP contribution in [0.25, 0.3) is 11.1 Å². The lowest BCUT2D eigenvalue weighted by molar-refractivity contribution is -0.141. The standard InChI is InChI=1S/C28H32N2O5/c31-25(32)16-28(14-7-15-28)30-26(33)22-12-5-6-13-24(22)29-27(34)35-17-23-20-10-3-1-8-18(20)19-9-2-4-11-21(19)23/h1-4,8-11,22-24H,5-7,12-17H2,(H,29,34)(H,30,33)(H,31,32)/t22-,24+/m1/s1. The molecule has 0 radical (unpaired) electrons. The lowest BCUT2D eigenvalue weighted by Gasteiger charge is -2.43. The van der Waals surface area contributed by atoms with Gasteiger partial charge in [-0.15, -0.1) is 0 Å². The minimum atomic E-state index is -0.901. The monoisotopic (exact) mass is 476 g/mol. The average Bonchev–Trinajstić information content (AvgIpc) is 3.15. The third kappa shape index (κ3) is 4.77. The highest BCUT2D eigenvalue weighted by molar-refractivity contribution is 5.82. The molecule has 0 heterocycles. The van der Waals surface area contributed by atoms with Gasteiger partial charge in [0.1, 0.15) is 6.61 Å². The van der Waals surface area contributed by atoms with E-state index in [2.05, 4.69) is 34.9 Å². The summed E-state index contributed by atoms with van der Waals surface area (Å²) in [6, 6.07) is 16.1. The highest BCUT2D eigenvalue weighted by atomic mass is 16.5. The molecule has 2 amide bonds. The average molecular weight is 477 g/mol. The zero-order chi connectivity index (χ0) is 24.4. The maximum absolute atomic E-state index is 13.1. The molecule has 2 saturated carbocycles. The number of carbonyl (C=O) groups excluding carboxylic acids is 2. The van der Waals surface area contributed by atoms with Gasteiger partial charge in [-0.05, 0) is 54.4 Å². The number of rotatable bonds is 7. The van der Waals surface area contributed by atoms with E-state index in [4.69, 9.17) is 4.74 Å². The summed E-state index contributed by atoms with van der Waals surface area (Å²) in [5.74, 6) is -1.46. The van der Waals surface area contributed by atoms with Gasteiger partial charge >= 0.3 is 12.1 Å². The molecule has 5 rings (SSSR count). The Balaban J connectivity index is 1.21. The molecule has 2 atom stereocenters. The molecule has 3 N–H and O–H groups in total. The molecule has 0 aliphatic heterocycles. The van der Waals surface area contributed by atoms with Crippen molar-refractivity contribution in [1.29, 1.82) is 0 Å². The van der Waals surface area contributed by atoms with E-state index in [-0.39, 0.29) is 36.8 Å². The molecule has 184 valence electrons. The Morgan fingerprint density at radius 1 is 0.914 bits per heavy atom. The number of aliphatic carboxylic acids is 1. The summed E-state index contributed by atoms with van der Waals surface area (Å²) in [7, 11) is 0. The van der Waals surface area contributed by atoms with Gasteiger partial charge in [-0.25, -0.2) is 4.79 Å². The molecule has 3 aliphatic rings.